The highest BCUT2D eigenvalue weighted by Crippen LogP contribution is 2.21. The van der Waals surface area contributed by atoms with Gasteiger partial charge in [-0.15, -0.1) is 0 Å². The first-order valence-corrected chi connectivity index (χ1v) is 5.56. The lowest BCUT2D eigenvalue weighted by atomic mass is 10.2. The zero-order chi connectivity index (χ0) is 11.4. The maximum atomic E-state index is 5.72. The molecule has 0 bridgehead atoms. The molecule has 1 aliphatic rings. The lowest BCUT2D eigenvalue weighted by molar-refractivity contribution is 0.207. The predicted octanol–water partition coefficient (Wildman–Crippen LogP) is 3.33. The number of allylic oxidation sites excluding steroid dienone is 2. The van der Waals surface area contributed by atoms with Crippen molar-refractivity contribution in [1.82, 2.24) is 0 Å². The second-order valence-corrected chi connectivity index (χ2v) is 3.95. The zero-order valence-electron chi connectivity index (χ0n) is 9.81. The molecule has 0 N–H and O–H groups in total. The molecule has 0 saturated carbocycles. The van der Waals surface area contributed by atoms with Crippen molar-refractivity contribution < 1.29 is 4.74 Å². The van der Waals surface area contributed by atoms with E-state index in [2.05, 4.69) is 36.1 Å². The molecule has 0 aromatic heterocycles. The number of para-hydroxylation sites is 1. The number of rotatable bonds is 2. The smallest absolute Gasteiger partial charge is 0.161 e. The van der Waals surface area contributed by atoms with Crippen molar-refractivity contribution in [2.45, 2.75) is 13.8 Å². The van der Waals surface area contributed by atoms with Gasteiger partial charge in [0.15, 0.2) is 6.73 Å². The van der Waals surface area contributed by atoms with Crippen LogP contribution in [0.4, 0.5) is 5.69 Å². The Hall–Kier alpha value is -1.70. The average molecular weight is 215 g/mol. The van der Waals surface area contributed by atoms with Gasteiger partial charge in [-0.1, -0.05) is 24.3 Å². The van der Waals surface area contributed by atoms with Crippen LogP contribution in [0, 0.1) is 0 Å². The van der Waals surface area contributed by atoms with Crippen LogP contribution in [0.2, 0.25) is 0 Å². The van der Waals surface area contributed by atoms with Crippen molar-refractivity contribution in [3.05, 3.63) is 53.8 Å². The molecule has 0 aliphatic carbocycles. The van der Waals surface area contributed by atoms with Gasteiger partial charge in [0.1, 0.15) is 5.76 Å². The normalized spacial score (nSPS) is 16.8. The molecule has 0 amide bonds. The van der Waals surface area contributed by atoms with Gasteiger partial charge in [-0.25, -0.2) is 0 Å². The summed E-state index contributed by atoms with van der Waals surface area (Å²) in [6, 6.07) is 10.3. The van der Waals surface area contributed by atoms with E-state index in [1.807, 2.05) is 25.1 Å². The molecule has 0 atom stereocenters. The Morgan fingerprint density at radius 1 is 1.25 bits per heavy atom. The van der Waals surface area contributed by atoms with Crippen LogP contribution in [0.3, 0.4) is 0 Å². The SMILES string of the molecule is C/C=C\C1=C(C)CN(c2ccccc2)CO1. The van der Waals surface area contributed by atoms with Crippen LogP contribution in [0.15, 0.2) is 53.8 Å². The van der Waals surface area contributed by atoms with Crippen LogP contribution in [0.25, 0.3) is 0 Å². The number of hydrogen-bond donors (Lipinski definition) is 0. The Balaban J connectivity index is 2.15. The van der Waals surface area contributed by atoms with Crippen LogP contribution in [0.5, 0.6) is 0 Å². The zero-order valence-corrected chi connectivity index (χ0v) is 9.81. The van der Waals surface area contributed by atoms with E-state index >= 15 is 0 Å². The van der Waals surface area contributed by atoms with Gasteiger partial charge >= 0.3 is 0 Å². The van der Waals surface area contributed by atoms with Crippen LogP contribution in [0.1, 0.15) is 13.8 Å². The summed E-state index contributed by atoms with van der Waals surface area (Å²) < 4.78 is 5.72. The summed E-state index contributed by atoms with van der Waals surface area (Å²) in [5, 5.41) is 0. The third-order valence-corrected chi connectivity index (χ3v) is 2.66. The summed E-state index contributed by atoms with van der Waals surface area (Å²) in [5.74, 6) is 1.01. The highest BCUT2D eigenvalue weighted by Gasteiger charge is 2.15. The maximum Gasteiger partial charge on any atom is 0.161 e. The highest BCUT2D eigenvalue weighted by molar-refractivity contribution is 5.48. The quantitative estimate of drug-likeness (QED) is 0.750. The third-order valence-electron chi connectivity index (χ3n) is 2.66. The molecule has 2 rings (SSSR count). The summed E-state index contributed by atoms with van der Waals surface area (Å²) in [6.45, 7) is 5.68. The fourth-order valence-corrected chi connectivity index (χ4v) is 1.83. The number of anilines is 1. The first-order chi connectivity index (χ1) is 7.81. The van der Waals surface area contributed by atoms with E-state index in [0.29, 0.717) is 6.73 Å². The summed E-state index contributed by atoms with van der Waals surface area (Å²) in [7, 11) is 0. The molecule has 2 nitrogen and oxygen atoms in total. The maximum absolute atomic E-state index is 5.72. The number of hydrogen-bond acceptors (Lipinski definition) is 2. The Labute approximate surface area is 96.8 Å². The standard InChI is InChI=1S/C14H17NO/c1-3-7-14-12(2)10-15(11-16-14)13-8-5-4-6-9-13/h3-9H,10-11H2,1-2H3/b7-3-. The van der Waals surface area contributed by atoms with Gasteiger partial charge in [-0.2, -0.15) is 0 Å². The van der Waals surface area contributed by atoms with Crippen molar-refractivity contribution in [2.24, 2.45) is 0 Å². The molecule has 0 fully saturated rings. The number of nitrogens with zero attached hydrogens (tertiary/aromatic N) is 1. The van der Waals surface area contributed by atoms with Gasteiger partial charge < -0.3 is 9.64 Å². The Kier molecular flexibility index (Phi) is 3.30. The Morgan fingerprint density at radius 3 is 2.62 bits per heavy atom. The largest absolute Gasteiger partial charge is 0.473 e. The molecule has 2 heteroatoms. The molecule has 16 heavy (non-hydrogen) atoms. The van der Waals surface area contributed by atoms with Gasteiger partial charge in [0.25, 0.3) is 0 Å². The second-order valence-electron chi connectivity index (χ2n) is 3.95. The highest BCUT2D eigenvalue weighted by atomic mass is 16.5. The minimum absolute atomic E-state index is 0.626. The molecular weight excluding hydrogens is 198 g/mol. The van der Waals surface area contributed by atoms with E-state index in [9.17, 15) is 0 Å². The van der Waals surface area contributed by atoms with Gasteiger partial charge in [0.05, 0.1) is 0 Å². The number of benzene rings is 1. The molecule has 0 spiro atoms. The van der Waals surface area contributed by atoms with Crippen LogP contribution >= 0.6 is 0 Å². The fraction of sp³-hybridized carbons (Fsp3) is 0.286. The summed E-state index contributed by atoms with van der Waals surface area (Å²) >= 11 is 0. The topological polar surface area (TPSA) is 12.5 Å². The lowest BCUT2D eigenvalue weighted by Gasteiger charge is -2.30. The van der Waals surface area contributed by atoms with E-state index in [1.54, 1.807) is 0 Å². The summed E-state index contributed by atoms with van der Waals surface area (Å²) in [5.41, 5.74) is 2.48. The minimum Gasteiger partial charge on any atom is -0.473 e. The van der Waals surface area contributed by atoms with Crippen LogP contribution in [-0.4, -0.2) is 13.3 Å². The van der Waals surface area contributed by atoms with E-state index in [4.69, 9.17) is 4.74 Å². The molecule has 84 valence electrons. The average Bonchev–Trinajstić information content (AvgIpc) is 2.33. The van der Waals surface area contributed by atoms with E-state index < -0.39 is 0 Å². The van der Waals surface area contributed by atoms with Crippen LogP contribution < -0.4 is 4.90 Å². The molecular formula is C14H17NO. The van der Waals surface area contributed by atoms with E-state index in [1.165, 1.54) is 11.3 Å². The first-order valence-electron chi connectivity index (χ1n) is 5.56. The van der Waals surface area contributed by atoms with Gasteiger partial charge in [0.2, 0.25) is 0 Å². The summed E-state index contributed by atoms with van der Waals surface area (Å²) in [4.78, 5) is 2.22. The van der Waals surface area contributed by atoms with Crippen molar-refractivity contribution in [1.29, 1.82) is 0 Å². The number of ether oxygens (including phenoxy) is 1. The van der Waals surface area contributed by atoms with Crippen molar-refractivity contribution in [3.63, 3.8) is 0 Å². The van der Waals surface area contributed by atoms with Crippen LogP contribution in [-0.2, 0) is 4.74 Å². The third kappa shape index (κ3) is 2.27. The predicted molar refractivity (Wildman–Crippen MR) is 67.3 cm³/mol. The van der Waals surface area contributed by atoms with Gasteiger partial charge in [-0.05, 0) is 37.6 Å². The van der Waals surface area contributed by atoms with E-state index in [-0.39, 0.29) is 0 Å². The Morgan fingerprint density at radius 2 is 2.00 bits per heavy atom. The monoisotopic (exact) mass is 215 g/mol. The fourth-order valence-electron chi connectivity index (χ4n) is 1.83. The molecule has 1 aliphatic heterocycles. The molecule has 1 aromatic rings. The molecule has 1 aromatic carbocycles. The molecule has 0 saturated heterocycles. The van der Waals surface area contributed by atoms with Gasteiger partial charge in [-0.3, -0.25) is 0 Å². The first kappa shape index (κ1) is 10.8. The molecule has 1 heterocycles. The van der Waals surface area contributed by atoms with Crippen molar-refractivity contribution in [2.75, 3.05) is 18.2 Å². The minimum atomic E-state index is 0.626. The van der Waals surface area contributed by atoms with Gasteiger partial charge in [0, 0.05) is 12.2 Å². The summed E-state index contributed by atoms with van der Waals surface area (Å²) in [6.07, 6.45) is 4.04. The Bertz CT molecular complexity index is 406. The lowest BCUT2D eigenvalue weighted by Crippen LogP contribution is -2.32. The van der Waals surface area contributed by atoms with Crippen molar-refractivity contribution >= 4 is 5.69 Å². The molecule has 0 unspecified atom stereocenters. The molecule has 0 radical (unpaired) electrons. The van der Waals surface area contributed by atoms with E-state index in [0.717, 1.165) is 12.3 Å². The van der Waals surface area contributed by atoms with Crippen molar-refractivity contribution in [3.8, 4) is 0 Å². The second kappa shape index (κ2) is 4.88.